The van der Waals surface area contributed by atoms with Gasteiger partial charge in [0.2, 0.25) is 5.91 Å². The Bertz CT molecular complexity index is 835. The van der Waals surface area contributed by atoms with Crippen molar-refractivity contribution in [1.29, 1.82) is 0 Å². The molecule has 2 heterocycles. The van der Waals surface area contributed by atoms with Crippen molar-refractivity contribution in [1.82, 2.24) is 20.1 Å². The van der Waals surface area contributed by atoms with E-state index in [1.165, 1.54) is 21.0 Å². The van der Waals surface area contributed by atoms with E-state index in [-0.39, 0.29) is 18.7 Å². The summed E-state index contributed by atoms with van der Waals surface area (Å²) in [4.78, 5) is 49.2. The summed E-state index contributed by atoms with van der Waals surface area (Å²) >= 11 is 0. The Balaban J connectivity index is 2.36. The minimum absolute atomic E-state index is 0.00208. The molecule has 1 aromatic heterocycles. The lowest BCUT2D eigenvalue weighted by atomic mass is 10.0. The molecule has 0 spiro atoms. The number of hydrogen-bond donors (Lipinski definition) is 3. The summed E-state index contributed by atoms with van der Waals surface area (Å²) in [5.41, 5.74) is -1.54. The number of rotatable bonds is 7. The SMILES string of the molecule is CCOC(=O)CC(NC(C)=O)C1O[C@H](n2nc(C)c(=O)[nH]c2=O)[C@H](O)[C@H]1OC. The van der Waals surface area contributed by atoms with Gasteiger partial charge in [-0.3, -0.25) is 19.4 Å². The van der Waals surface area contributed by atoms with Gasteiger partial charge in [-0.2, -0.15) is 9.78 Å². The van der Waals surface area contributed by atoms with Gasteiger partial charge in [0.05, 0.1) is 19.1 Å². The lowest BCUT2D eigenvalue weighted by Gasteiger charge is -2.27. The van der Waals surface area contributed by atoms with Gasteiger partial charge in [-0.1, -0.05) is 0 Å². The first-order valence-electron chi connectivity index (χ1n) is 8.68. The summed E-state index contributed by atoms with van der Waals surface area (Å²) in [6.45, 7) is 4.46. The molecule has 1 aliphatic heterocycles. The highest BCUT2D eigenvalue weighted by Crippen LogP contribution is 2.32. The zero-order valence-corrected chi connectivity index (χ0v) is 16.0. The average Bonchev–Trinajstić information content (AvgIpc) is 2.93. The van der Waals surface area contributed by atoms with Crippen molar-refractivity contribution >= 4 is 11.9 Å². The molecule has 0 bridgehead atoms. The molecule has 1 amide bonds. The summed E-state index contributed by atoms with van der Waals surface area (Å²) < 4.78 is 16.8. The monoisotopic (exact) mass is 400 g/mol. The number of esters is 1. The second kappa shape index (κ2) is 9.08. The van der Waals surface area contributed by atoms with Crippen LogP contribution in [-0.4, -0.2) is 69.8 Å². The Morgan fingerprint density at radius 1 is 1.43 bits per heavy atom. The summed E-state index contributed by atoms with van der Waals surface area (Å²) in [5.74, 6) is -1.01. The van der Waals surface area contributed by atoms with Crippen LogP contribution in [0.5, 0.6) is 0 Å². The number of carbonyl (C=O) groups is 2. The third kappa shape index (κ3) is 4.64. The highest BCUT2D eigenvalue weighted by atomic mass is 16.6. The standard InChI is InChI=1S/C16H24N4O8/c1-5-27-10(22)6-9(17-8(3)21)12-13(26-4)11(23)15(28-12)20-16(25)18-14(24)7(2)19-20/h9,11-13,15,23H,5-6H2,1-4H3,(H,17,21)(H,18,24,25)/t9?,11-,12?,13-,15+/m1/s1. The minimum atomic E-state index is -1.36. The lowest BCUT2D eigenvalue weighted by Crippen LogP contribution is -2.50. The molecule has 156 valence electrons. The predicted octanol–water partition coefficient (Wildman–Crippen LogP) is -2.03. The molecule has 12 heteroatoms. The molecule has 0 radical (unpaired) electrons. The van der Waals surface area contributed by atoms with E-state index in [9.17, 15) is 24.3 Å². The van der Waals surface area contributed by atoms with Crippen molar-refractivity contribution in [2.45, 2.75) is 57.8 Å². The molecule has 1 saturated heterocycles. The minimum Gasteiger partial charge on any atom is -0.466 e. The number of methoxy groups -OCH3 is 1. The van der Waals surface area contributed by atoms with Crippen LogP contribution in [-0.2, 0) is 23.8 Å². The number of aromatic nitrogens is 3. The second-order valence-corrected chi connectivity index (χ2v) is 6.29. The largest absolute Gasteiger partial charge is 0.466 e. The van der Waals surface area contributed by atoms with Crippen LogP contribution in [0.3, 0.4) is 0 Å². The van der Waals surface area contributed by atoms with Crippen LogP contribution >= 0.6 is 0 Å². The summed E-state index contributed by atoms with van der Waals surface area (Å²) in [6.07, 6.45) is -4.86. The lowest BCUT2D eigenvalue weighted by molar-refractivity contribution is -0.146. The van der Waals surface area contributed by atoms with Gasteiger partial charge in [-0.15, -0.1) is 0 Å². The summed E-state index contributed by atoms with van der Waals surface area (Å²) in [7, 11) is 1.32. The third-order valence-corrected chi connectivity index (χ3v) is 4.25. The van der Waals surface area contributed by atoms with Crippen molar-refractivity contribution in [3.05, 3.63) is 26.5 Å². The Kier molecular flexibility index (Phi) is 7.05. The second-order valence-electron chi connectivity index (χ2n) is 6.29. The third-order valence-electron chi connectivity index (χ3n) is 4.25. The molecule has 2 unspecified atom stereocenters. The molecule has 12 nitrogen and oxygen atoms in total. The van der Waals surface area contributed by atoms with Crippen LogP contribution in [0.2, 0.25) is 0 Å². The van der Waals surface area contributed by atoms with E-state index in [2.05, 4.69) is 15.4 Å². The molecule has 3 N–H and O–H groups in total. The van der Waals surface area contributed by atoms with E-state index in [1.807, 2.05) is 0 Å². The average molecular weight is 400 g/mol. The first kappa shape index (κ1) is 21.7. The van der Waals surface area contributed by atoms with E-state index in [0.717, 1.165) is 4.68 Å². The Labute approximate surface area is 159 Å². The van der Waals surface area contributed by atoms with Crippen molar-refractivity contribution < 1.29 is 28.9 Å². The quantitative estimate of drug-likeness (QED) is 0.438. The maximum Gasteiger partial charge on any atom is 0.347 e. The number of aryl methyl sites for hydroxylation is 1. The van der Waals surface area contributed by atoms with Gasteiger partial charge in [-0.05, 0) is 13.8 Å². The van der Waals surface area contributed by atoms with Crippen LogP contribution in [0, 0.1) is 6.92 Å². The molecule has 5 atom stereocenters. The van der Waals surface area contributed by atoms with Gasteiger partial charge in [-0.25, -0.2) is 4.79 Å². The van der Waals surface area contributed by atoms with Crippen molar-refractivity contribution in [3.8, 4) is 0 Å². The van der Waals surface area contributed by atoms with Gasteiger partial charge in [0, 0.05) is 14.0 Å². The molecule has 1 fully saturated rings. The number of hydrogen-bond acceptors (Lipinski definition) is 9. The number of carbonyl (C=O) groups excluding carboxylic acids is 2. The van der Waals surface area contributed by atoms with Gasteiger partial charge in [0.15, 0.2) is 6.23 Å². The molecule has 0 aromatic carbocycles. The van der Waals surface area contributed by atoms with Crippen molar-refractivity contribution in [3.63, 3.8) is 0 Å². The smallest absolute Gasteiger partial charge is 0.347 e. The number of amides is 1. The number of nitrogens with one attached hydrogen (secondary N) is 2. The number of aliphatic hydroxyl groups excluding tert-OH is 1. The Hall–Kier alpha value is -2.57. The van der Waals surface area contributed by atoms with E-state index in [1.54, 1.807) is 6.92 Å². The number of H-pyrrole nitrogens is 1. The normalized spacial score (nSPS) is 25.3. The predicted molar refractivity (Wildman–Crippen MR) is 93.4 cm³/mol. The Morgan fingerprint density at radius 3 is 2.68 bits per heavy atom. The van der Waals surface area contributed by atoms with E-state index in [4.69, 9.17) is 14.2 Å². The maximum atomic E-state index is 12.1. The zero-order valence-electron chi connectivity index (χ0n) is 16.0. The van der Waals surface area contributed by atoms with Crippen LogP contribution in [0.1, 0.15) is 32.2 Å². The maximum absolute atomic E-state index is 12.1. The highest BCUT2D eigenvalue weighted by Gasteiger charge is 2.50. The van der Waals surface area contributed by atoms with Gasteiger partial charge in [0.25, 0.3) is 5.56 Å². The highest BCUT2D eigenvalue weighted by molar-refractivity contribution is 5.75. The summed E-state index contributed by atoms with van der Waals surface area (Å²) in [6, 6.07) is -0.888. The fourth-order valence-corrected chi connectivity index (χ4v) is 3.05. The van der Waals surface area contributed by atoms with Crippen molar-refractivity contribution in [2.24, 2.45) is 0 Å². The topological polar surface area (TPSA) is 162 Å². The molecule has 1 aromatic rings. The fourth-order valence-electron chi connectivity index (χ4n) is 3.05. The summed E-state index contributed by atoms with van der Waals surface area (Å²) in [5, 5.41) is 17.0. The van der Waals surface area contributed by atoms with Gasteiger partial charge < -0.3 is 24.6 Å². The first-order chi connectivity index (χ1) is 13.2. The molecule has 0 saturated carbocycles. The fraction of sp³-hybridized carbons (Fsp3) is 0.688. The zero-order chi connectivity index (χ0) is 21.0. The van der Waals surface area contributed by atoms with Crippen LogP contribution in [0.4, 0.5) is 0 Å². The van der Waals surface area contributed by atoms with E-state index < -0.39 is 53.7 Å². The number of ether oxygens (including phenoxy) is 3. The molecular weight excluding hydrogens is 376 g/mol. The molecule has 28 heavy (non-hydrogen) atoms. The molecule has 0 aliphatic carbocycles. The van der Waals surface area contributed by atoms with E-state index in [0.29, 0.717) is 0 Å². The van der Waals surface area contributed by atoms with Crippen LogP contribution < -0.4 is 16.6 Å². The van der Waals surface area contributed by atoms with Crippen LogP contribution in [0.25, 0.3) is 0 Å². The first-order valence-corrected chi connectivity index (χ1v) is 8.68. The van der Waals surface area contributed by atoms with Crippen molar-refractivity contribution in [2.75, 3.05) is 13.7 Å². The van der Waals surface area contributed by atoms with E-state index >= 15 is 0 Å². The molecule has 2 rings (SSSR count). The number of aromatic amines is 1. The number of aliphatic hydroxyl groups is 1. The number of nitrogens with zero attached hydrogens (tertiary/aromatic N) is 2. The molecule has 1 aliphatic rings. The van der Waals surface area contributed by atoms with Gasteiger partial charge in [0.1, 0.15) is 24.0 Å². The molecular formula is C16H24N4O8. The van der Waals surface area contributed by atoms with Crippen LogP contribution in [0.15, 0.2) is 9.59 Å². The van der Waals surface area contributed by atoms with Gasteiger partial charge >= 0.3 is 11.7 Å². The Morgan fingerprint density at radius 2 is 2.11 bits per heavy atom.